The van der Waals surface area contributed by atoms with E-state index < -0.39 is 0 Å². The number of aryl methyl sites for hydroxylation is 1. The van der Waals surface area contributed by atoms with Crippen LogP contribution in [0.5, 0.6) is 0 Å². The number of benzene rings is 2. The van der Waals surface area contributed by atoms with Crippen molar-refractivity contribution in [2.24, 2.45) is 0 Å². The Balaban J connectivity index is 1.89. The van der Waals surface area contributed by atoms with E-state index in [4.69, 9.17) is 0 Å². The van der Waals surface area contributed by atoms with Crippen LogP contribution >= 0.6 is 0 Å². The number of aliphatic hydroxyl groups excluding tert-OH is 1. The fourth-order valence-corrected chi connectivity index (χ4v) is 3.75. The smallest absolute Gasteiger partial charge is 0.184 e. The second kappa shape index (κ2) is 8.47. The summed E-state index contributed by atoms with van der Waals surface area (Å²) in [6.45, 7) is 6.40. The first-order valence-electron chi connectivity index (χ1n) is 10.00. The Morgan fingerprint density at radius 3 is 2.61 bits per heavy atom. The summed E-state index contributed by atoms with van der Waals surface area (Å²) in [5.74, 6) is -0.241. The van der Waals surface area contributed by atoms with Crippen LogP contribution in [-0.2, 0) is 11.2 Å². The molecule has 1 atom stereocenters. The lowest BCUT2D eigenvalue weighted by Gasteiger charge is -2.38. The SMILES string of the molecule is CCCCC1(C)Cc2ccccc2/C(=C/C(=O)/C=C(\O)c2ccc(C)cc2)N1. The summed E-state index contributed by atoms with van der Waals surface area (Å²) < 4.78 is 0. The number of carbonyl (C=O) groups excluding carboxylic acids is 1. The molecule has 3 heteroatoms. The minimum atomic E-state index is -0.227. The molecule has 1 unspecified atom stereocenters. The number of nitrogens with one attached hydrogen (secondary N) is 1. The predicted molar refractivity (Wildman–Crippen MR) is 116 cm³/mol. The Morgan fingerprint density at radius 2 is 1.89 bits per heavy atom. The number of rotatable bonds is 6. The second-order valence-electron chi connectivity index (χ2n) is 7.98. The summed E-state index contributed by atoms with van der Waals surface area (Å²) in [5.41, 5.74) is 4.83. The number of ketones is 1. The van der Waals surface area contributed by atoms with E-state index in [1.54, 1.807) is 6.08 Å². The minimum Gasteiger partial charge on any atom is -0.507 e. The zero-order valence-corrected chi connectivity index (χ0v) is 17.0. The number of aliphatic hydroxyl groups is 1. The van der Waals surface area contributed by atoms with Crippen molar-refractivity contribution in [1.82, 2.24) is 5.32 Å². The Bertz CT molecular complexity index is 908. The first-order valence-corrected chi connectivity index (χ1v) is 10.00. The van der Waals surface area contributed by atoms with E-state index in [-0.39, 0.29) is 17.1 Å². The number of fused-ring (bicyclic) bond motifs is 1. The van der Waals surface area contributed by atoms with Crippen LogP contribution in [0.2, 0.25) is 0 Å². The van der Waals surface area contributed by atoms with Crippen LogP contribution in [-0.4, -0.2) is 16.4 Å². The van der Waals surface area contributed by atoms with E-state index in [0.29, 0.717) is 5.56 Å². The molecule has 0 amide bonds. The third-order valence-electron chi connectivity index (χ3n) is 5.32. The predicted octanol–water partition coefficient (Wildman–Crippen LogP) is 5.60. The Morgan fingerprint density at radius 1 is 1.18 bits per heavy atom. The molecule has 0 fully saturated rings. The van der Waals surface area contributed by atoms with Gasteiger partial charge in [0, 0.05) is 34.5 Å². The summed E-state index contributed by atoms with van der Waals surface area (Å²) in [6, 6.07) is 15.7. The molecule has 0 saturated carbocycles. The van der Waals surface area contributed by atoms with Gasteiger partial charge in [0.2, 0.25) is 0 Å². The molecule has 2 aromatic carbocycles. The quantitative estimate of drug-likeness (QED) is 0.510. The first-order chi connectivity index (χ1) is 13.4. The molecule has 0 saturated heterocycles. The van der Waals surface area contributed by atoms with E-state index in [1.165, 1.54) is 11.6 Å². The van der Waals surface area contributed by atoms with Crippen LogP contribution in [0.4, 0.5) is 0 Å². The zero-order valence-electron chi connectivity index (χ0n) is 17.0. The summed E-state index contributed by atoms with van der Waals surface area (Å²) in [5, 5.41) is 13.9. The molecule has 0 bridgehead atoms. The normalized spacial score (nSPS) is 20.5. The lowest BCUT2D eigenvalue weighted by atomic mass is 9.81. The highest BCUT2D eigenvalue weighted by Gasteiger charge is 2.31. The van der Waals surface area contributed by atoms with Gasteiger partial charge in [-0.3, -0.25) is 4.79 Å². The third-order valence-corrected chi connectivity index (χ3v) is 5.32. The van der Waals surface area contributed by atoms with E-state index in [9.17, 15) is 9.90 Å². The van der Waals surface area contributed by atoms with Crippen LogP contribution in [0.15, 0.2) is 60.7 Å². The molecule has 28 heavy (non-hydrogen) atoms. The fourth-order valence-electron chi connectivity index (χ4n) is 3.75. The highest BCUT2D eigenvalue weighted by atomic mass is 16.3. The average Bonchev–Trinajstić information content (AvgIpc) is 2.66. The number of carbonyl (C=O) groups is 1. The van der Waals surface area contributed by atoms with Crippen molar-refractivity contribution in [3.05, 3.63) is 82.9 Å². The number of hydrogen-bond acceptors (Lipinski definition) is 3. The molecule has 146 valence electrons. The van der Waals surface area contributed by atoms with Gasteiger partial charge in [-0.05, 0) is 32.3 Å². The molecule has 0 radical (unpaired) electrons. The van der Waals surface area contributed by atoms with Crippen LogP contribution in [0, 0.1) is 6.92 Å². The van der Waals surface area contributed by atoms with Gasteiger partial charge in [0.25, 0.3) is 0 Å². The number of hydrogen-bond donors (Lipinski definition) is 2. The summed E-state index contributed by atoms with van der Waals surface area (Å²) in [6.07, 6.45) is 7.17. The monoisotopic (exact) mass is 375 g/mol. The molecule has 3 rings (SSSR count). The maximum Gasteiger partial charge on any atom is 0.184 e. The zero-order chi connectivity index (χ0) is 20.1. The highest BCUT2D eigenvalue weighted by molar-refractivity contribution is 6.07. The largest absolute Gasteiger partial charge is 0.507 e. The van der Waals surface area contributed by atoms with Gasteiger partial charge in [-0.1, -0.05) is 73.9 Å². The lowest BCUT2D eigenvalue weighted by molar-refractivity contribution is -0.110. The van der Waals surface area contributed by atoms with Crippen molar-refractivity contribution in [3.8, 4) is 0 Å². The molecule has 1 aliphatic heterocycles. The van der Waals surface area contributed by atoms with Gasteiger partial charge in [0.15, 0.2) is 5.78 Å². The van der Waals surface area contributed by atoms with Crippen LogP contribution in [0.1, 0.15) is 55.4 Å². The fraction of sp³-hybridized carbons (Fsp3) is 0.320. The second-order valence-corrected chi connectivity index (χ2v) is 7.98. The highest BCUT2D eigenvalue weighted by Crippen LogP contribution is 2.32. The third kappa shape index (κ3) is 4.72. The molecule has 2 N–H and O–H groups in total. The Hall–Kier alpha value is -2.81. The molecule has 0 spiro atoms. The summed E-state index contributed by atoms with van der Waals surface area (Å²) in [4.78, 5) is 12.6. The molecule has 3 nitrogen and oxygen atoms in total. The summed E-state index contributed by atoms with van der Waals surface area (Å²) in [7, 11) is 0. The molecule has 1 heterocycles. The minimum absolute atomic E-state index is 0.0142. The maximum absolute atomic E-state index is 12.6. The van der Waals surface area contributed by atoms with Gasteiger partial charge < -0.3 is 10.4 Å². The van der Waals surface area contributed by atoms with Crippen molar-refractivity contribution in [1.29, 1.82) is 0 Å². The topological polar surface area (TPSA) is 49.3 Å². The van der Waals surface area contributed by atoms with Gasteiger partial charge >= 0.3 is 0 Å². The number of unbranched alkanes of at least 4 members (excludes halogenated alkanes) is 1. The van der Waals surface area contributed by atoms with Gasteiger partial charge in [-0.25, -0.2) is 0 Å². The molecule has 1 aliphatic rings. The molecular formula is C25H29NO2. The maximum atomic E-state index is 12.6. The van der Waals surface area contributed by atoms with Crippen LogP contribution in [0.25, 0.3) is 11.5 Å². The van der Waals surface area contributed by atoms with Crippen molar-refractivity contribution in [2.45, 2.75) is 52.0 Å². The van der Waals surface area contributed by atoms with Crippen LogP contribution < -0.4 is 5.32 Å². The molecule has 0 aliphatic carbocycles. The van der Waals surface area contributed by atoms with E-state index in [1.807, 2.05) is 49.4 Å². The molecular weight excluding hydrogens is 346 g/mol. The lowest BCUT2D eigenvalue weighted by Crippen LogP contribution is -2.46. The standard InChI is InChI=1S/C25H29NO2/c1-4-5-14-25(3)17-20-8-6-7-9-22(20)23(26-25)15-21(27)16-24(28)19-12-10-18(2)11-13-19/h6-13,15-16,26,28H,4-5,14,17H2,1-3H3/b23-15-,24-16-. The van der Waals surface area contributed by atoms with Gasteiger partial charge in [0.1, 0.15) is 5.76 Å². The molecule has 0 aromatic heterocycles. The van der Waals surface area contributed by atoms with Crippen molar-refractivity contribution in [2.75, 3.05) is 0 Å². The van der Waals surface area contributed by atoms with Gasteiger partial charge in [-0.2, -0.15) is 0 Å². The average molecular weight is 376 g/mol. The van der Waals surface area contributed by atoms with E-state index >= 15 is 0 Å². The Labute approximate surface area is 167 Å². The molecule has 2 aromatic rings. The van der Waals surface area contributed by atoms with E-state index in [2.05, 4.69) is 25.2 Å². The number of allylic oxidation sites excluding steroid dienone is 2. The first kappa shape index (κ1) is 19.9. The van der Waals surface area contributed by atoms with Crippen LogP contribution in [0.3, 0.4) is 0 Å². The van der Waals surface area contributed by atoms with Crippen molar-refractivity contribution in [3.63, 3.8) is 0 Å². The van der Waals surface area contributed by atoms with E-state index in [0.717, 1.165) is 42.5 Å². The van der Waals surface area contributed by atoms with Crippen molar-refractivity contribution >= 4 is 17.2 Å². The van der Waals surface area contributed by atoms with Gasteiger partial charge in [0.05, 0.1) is 0 Å². The van der Waals surface area contributed by atoms with Crippen molar-refractivity contribution < 1.29 is 9.90 Å². The Kier molecular flexibility index (Phi) is 6.03. The van der Waals surface area contributed by atoms with Gasteiger partial charge in [-0.15, -0.1) is 0 Å². The summed E-state index contributed by atoms with van der Waals surface area (Å²) >= 11 is 0.